The Morgan fingerprint density at radius 3 is 2.72 bits per heavy atom. The number of amides is 1. The molecule has 1 amide bonds. The summed E-state index contributed by atoms with van der Waals surface area (Å²) in [6, 6.07) is 3.18. The molecule has 1 unspecified atom stereocenters. The van der Waals surface area contributed by atoms with Gasteiger partial charge in [0.15, 0.2) is 9.84 Å². The number of ether oxygens (including phenoxy) is 1. The van der Waals surface area contributed by atoms with E-state index in [1.807, 2.05) is 0 Å². The second kappa shape index (κ2) is 8.05. The monoisotopic (exact) mass is 369 g/mol. The van der Waals surface area contributed by atoms with Crippen LogP contribution in [-0.2, 0) is 9.84 Å². The lowest BCUT2D eigenvalue weighted by molar-refractivity contribution is 0.0914. The van der Waals surface area contributed by atoms with Crippen molar-refractivity contribution in [3.63, 3.8) is 0 Å². The molecule has 25 heavy (non-hydrogen) atoms. The third-order valence-electron chi connectivity index (χ3n) is 4.70. The maximum absolute atomic E-state index is 12.6. The van der Waals surface area contributed by atoms with Crippen LogP contribution in [0.2, 0.25) is 0 Å². The number of likely N-dealkylation sites (tertiary alicyclic amines) is 1. The van der Waals surface area contributed by atoms with E-state index in [0.717, 1.165) is 25.8 Å². The van der Waals surface area contributed by atoms with E-state index in [0.29, 0.717) is 12.7 Å². The van der Waals surface area contributed by atoms with Crippen molar-refractivity contribution in [2.75, 3.05) is 31.8 Å². The van der Waals surface area contributed by atoms with E-state index in [1.54, 1.807) is 0 Å². The second-order valence-electron chi connectivity index (χ2n) is 6.17. The van der Waals surface area contributed by atoms with Crippen LogP contribution in [0.1, 0.15) is 43.5 Å². The third kappa shape index (κ3) is 4.24. The zero-order valence-corrected chi connectivity index (χ0v) is 15.9. The topological polar surface area (TPSA) is 102 Å². The Hall–Kier alpha value is -1.80. The van der Waals surface area contributed by atoms with Crippen molar-refractivity contribution in [3.8, 4) is 5.75 Å². The number of sulfone groups is 1. The van der Waals surface area contributed by atoms with Crippen LogP contribution in [-0.4, -0.2) is 51.3 Å². The van der Waals surface area contributed by atoms with Gasteiger partial charge in [0.05, 0.1) is 35.7 Å². The highest BCUT2D eigenvalue weighted by Gasteiger charge is 2.25. The molecule has 7 nitrogen and oxygen atoms in total. The first-order valence-electron chi connectivity index (χ1n) is 8.56. The summed E-state index contributed by atoms with van der Waals surface area (Å²) in [6.07, 6.45) is 3.30. The average Bonchev–Trinajstić information content (AvgIpc) is 3.06. The van der Waals surface area contributed by atoms with E-state index >= 15 is 0 Å². The number of carbonyl (C=O) groups is 1. The van der Waals surface area contributed by atoms with Crippen molar-refractivity contribution in [2.24, 2.45) is 0 Å². The lowest BCUT2D eigenvalue weighted by Gasteiger charge is -2.23. The molecule has 0 bridgehead atoms. The fourth-order valence-corrected chi connectivity index (χ4v) is 4.21. The number of methoxy groups -OCH3 is 1. The highest BCUT2D eigenvalue weighted by Crippen LogP contribution is 2.29. The van der Waals surface area contributed by atoms with Gasteiger partial charge in [-0.15, -0.1) is 0 Å². The summed E-state index contributed by atoms with van der Waals surface area (Å²) in [5.41, 5.74) is 6.10. The molecule has 1 aromatic carbocycles. The van der Waals surface area contributed by atoms with E-state index in [9.17, 15) is 13.2 Å². The Kier molecular flexibility index (Phi) is 6.29. The lowest BCUT2D eigenvalue weighted by Crippen LogP contribution is -2.40. The molecule has 1 aromatic rings. The van der Waals surface area contributed by atoms with E-state index < -0.39 is 9.84 Å². The van der Waals surface area contributed by atoms with Gasteiger partial charge in [-0.2, -0.15) is 0 Å². The maximum atomic E-state index is 12.6. The van der Waals surface area contributed by atoms with Crippen LogP contribution >= 0.6 is 0 Å². The zero-order chi connectivity index (χ0) is 18.6. The van der Waals surface area contributed by atoms with Gasteiger partial charge in [-0.3, -0.25) is 9.69 Å². The molecule has 8 heteroatoms. The molecule has 0 radical (unpaired) electrons. The van der Waals surface area contributed by atoms with E-state index in [1.165, 1.54) is 26.2 Å². The SMILES string of the molecule is CCC1CCCN1CNC(=O)c1cc(S(=O)(=O)CC)c(N)cc1OC. The Morgan fingerprint density at radius 1 is 1.40 bits per heavy atom. The highest BCUT2D eigenvalue weighted by molar-refractivity contribution is 7.91. The van der Waals surface area contributed by atoms with E-state index in [4.69, 9.17) is 10.5 Å². The van der Waals surface area contributed by atoms with Crippen molar-refractivity contribution in [2.45, 2.75) is 44.0 Å². The Morgan fingerprint density at radius 2 is 2.12 bits per heavy atom. The number of hydrogen-bond donors (Lipinski definition) is 2. The molecule has 1 atom stereocenters. The predicted octanol–water partition coefficient (Wildman–Crippen LogP) is 1.63. The van der Waals surface area contributed by atoms with Gasteiger partial charge in [0.1, 0.15) is 5.75 Å². The van der Waals surface area contributed by atoms with Crippen LogP contribution in [0.3, 0.4) is 0 Å². The summed E-state index contributed by atoms with van der Waals surface area (Å²) in [5, 5.41) is 2.87. The molecule has 1 aliphatic rings. The van der Waals surface area contributed by atoms with Crippen molar-refractivity contribution >= 4 is 21.4 Å². The van der Waals surface area contributed by atoms with Crippen LogP contribution in [0.5, 0.6) is 5.75 Å². The number of hydrogen-bond acceptors (Lipinski definition) is 6. The molecular formula is C17H27N3O4S. The number of nitrogen functional groups attached to an aromatic ring is 1. The van der Waals surface area contributed by atoms with Gasteiger partial charge in [0.25, 0.3) is 5.91 Å². The molecule has 140 valence electrons. The van der Waals surface area contributed by atoms with Crippen molar-refractivity contribution in [1.82, 2.24) is 10.2 Å². The fraction of sp³-hybridized carbons (Fsp3) is 0.588. The van der Waals surface area contributed by atoms with Crippen LogP contribution < -0.4 is 15.8 Å². The van der Waals surface area contributed by atoms with Crippen molar-refractivity contribution in [1.29, 1.82) is 0 Å². The summed E-state index contributed by atoms with van der Waals surface area (Å²) < 4.78 is 29.6. The molecule has 1 saturated heterocycles. The molecule has 0 aliphatic carbocycles. The number of anilines is 1. The summed E-state index contributed by atoms with van der Waals surface area (Å²) in [5.74, 6) is -0.194. The van der Waals surface area contributed by atoms with Gasteiger partial charge in [-0.05, 0) is 25.3 Å². The molecule has 1 heterocycles. The van der Waals surface area contributed by atoms with Crippen molar-refractivity contribution < 1.29 is 17.9 Å². The summed E-state index contributed by atoms with van der Waals surface area (Å²) in [6.45, 7) is 5.06. The standard InChI is InChI=1S/C17H27N3O4S/c1-4-12-7-6-8-20(12)11-19-17(21)13-9-16(25(22,23)5-2)14(18)10-15(13)24-3/h9-10,12H,4-8,11,18H2,1-3H3,(H,19,21). The van der Waals surface area contributed by atoms with Crippen LogP contribution in [0.15, 0.2) is 17.0 Å². The molecular weight excluding hydrogens is 342 g/mol. The van der Waals surface area contributed by atoms with Gasteiger partial charge in [0.2, 0.25) is 0 Å². The number of nitrogens with two attached hydrogens (primary N) is 1. The molecule has 2 rings (SSSR count). The number of benzene rings is 1. The molecule has 1 aliphatic heterocycles. The van der Waals surface area contributed by atoms with Gasteiger partial charge in [-0.25, -0.2) is 8.42 Å². The molecule has 1 fully saturated rings. The largest absolute Gasteiger partial charge is 0.496 e. The third-order valence-corrected chi connectivity index (χ3v) is 6.49. The van der Waals surface area contributed by atoms with E-state index in [2.05, 4.69) is 17.1 Å². The Bertz CT molecular complexity index is 734. The van der Waals surface area contributed by atoms with Crippen molar-refractivity contribution in [3.05, 3.63) is 17.7 Å². The molecule has 0 saturated carbocycles. The first-order valence-corrected chi connectivity index (χ1v) is 10.2. The Labute approximate surface area is 149 Å². The lowest BCUT2D eigenvalue weighted by atomic mass is 10.1. The van der Waals surface area contributed by atoms with Gasteiger partial charge >= 0.3 is 0 Å². The first-order chi connectivity index (χ1) is 11.8. The Balaban J connectivity index is 2.24. The van der Waals surface area contributed by atoms with E-state index in [-0.39, 0.29) is 33.6 Å². The average molecular weight is 369 g/mol. The number of rotatable bonds is 7. The summed E-state index contributed by atoms with van der Waals surface area (Å²) in [7, 11) is -2.10. The first kappa shape index (κ1) is 19.5. The minimum absolute atomic E-state index is 0.0337. The normalized spacial score (nSPS) is 18.3. The molecule has 0 spiro atoms. The smallest absolute Gasteiger partial charge is 0.256 e. The summed E-state index contributed by atoms with van der Waals surface area (Å²) in [4.78, 5) is 14.8. The number of nitrogens with one attached hydrogen (secondary N) is 1. The highest BCUT2D eigenvalue weighted by atomic mass is 32.2. The maximum Gasteiger partial charge on any atom is 0.256 e. The number of nitrogens with zero attached hydrogens (tertiary/aromatic N) is 1. The number of carbonyl (C=O) groups excluding carboxylic acids is 1. The quantitative estimate of drug-likeness (QED) is 0.709. The fourth-order valence-electron chi connectivity index (χ4n) is 3.18. The van der Waals surface area contributed by atoms with Crippen LogP contribution in [0.4, 0.5) is 5.69 Å². The predicted molar refractivity (Wildman–Crippen MR) is 97.5 cm³/mol. The molecule has 3 N–H and O–H groups in total. The zero-order valence-electron chi connectivity index (χ0n) is 15.0. The van der Waals surface area contributed by atoms with Gasteiger partial charge < -0.3 is 15.8 Å². The second-order valence-corrected chi connectivity index (χ2v) is 8.42. The minimum atomic E-state index is -3.52. The van der Waals surface area contributed by atoms with Crippen LogP contribution in [0, 0.1) is 0 Å². The molecule has 0 aromatic heterocycles. The minimum Gasteiger partial charge on any atom is -0.496 e. The van der Waals surface area contributed by atoms with Gasteiger partial charge in [-0.1, -0.05) is 13.8 Å². The summed E-state index contributed by atoms with van der Waals surface area (Å²) >= 11 is 0. The van der Waals surface area contributed by atoms with Crippen LogP contribution in [0.25, 0.3) is 0 Å². The van der Waals surface area contributed by atoms with Gasteiger partial charge in [0, 0.05) is 18.7 Å².